The summed E-state index contributed by atoms with van der Waals surface area (Å²) in [5.41, 5.74) is 7.90. The Morgan fingerprint density at radius 1 is 0.552 bits per heavy atom. The monoisotopic (exact) mass is 382 g/mol. The van der Waals surface area contributed by atoms with E-state index >= 15 is 0 Å². The highest BCUT2D eigenvalue weighted by Crippen LogP contribution is 2.19. The largest absolute Gasteiger partial charge is 0.372 e. The molecule has 0 fully saturated rings. The predicted octanol–water partition coefficient (Wildman–Crippen LogP) is 4.93. The summed E-state index contributed by atoms with van der Waals surface area (Å²) in [6.07, 6.45) is 7.21. The number of hydrogen-bond donors (Lipinski definition) is 0. The molecular formula is C24H22N4O. The van der Waals surface area contributed by atoms with Gasteiger partial charge in [-0.1, -0.05) is 0 Å². The van der Waals surface area contributed by atoms with Crippen molar-refractivity contribution < 1.29 is 4.74 Å². The minimum Gasteiger partial charge on any atom is -0.372 e. The van der Waals surface area contributed by atoms with Crippen LogP contribution in [0, 0.1) is 13.8 Å². The van der Waals surface area contributed by atoms with Crippen LogP contribution in [0.4, 0.5) is 0 Å². The second-order valence-electron chi connectivity index (χ2n) is 7.03. The van der Waals surface area contributed by atoms with Crippen LogP contribution >= 0.6 is 0 Å². The first-order valence-corrected chi connectivity index (χ1v) is 9.51. The number of rotatable bonds is 6. The van der Waals surface area contributed by atoms with Crippen molar-refractivity contribution in [1.29, 1.82) is 0 Å². The zero-order valence-electron chi connectivity index (χ0n) is 16.5. The summed E-state index contributed by atoms with van der Waals surface area (Å²) in [6, 6.07) is 16.0. The fraction of sp³-hybridized carbons (Fsp3) is 0.167. The molecule has 0 amide bonds. The lowest BCUT2D eigenvalue weighted by Gasteiger charge is -2.08. The van der Waals surface area contributed by atoms with Crippen LogP contribution in [-0.2, 0) is 18.0 Å². The van der Waals surface area contributed by atoms with E-state index < -0.39 is 0 Å². The summed E-state index contributed by atoms with van der Waals surface area (Å²) in [6.45, 7) is 5.10. The van der Waals surface area contributed by atoms with Crippen LogP contribution in [0.2, 0.25) is 0 Å². The Kier molecular flexibility index (Phi) is 5.68. The van der Waals surface area contributed by atoms with Crippen LogP contribution in [0.3, 0.4) is 0 Å². The first kappa shape index (κ1) is 18.9. The van der Waals surface area contributed by atoms with Crippen molar-refractivity contribution in [2.75, 3.05) is 0 Å². The maximum atomic E-state index is 5.94. The molecule has 4 rings (SSSR count). The molecular weight excluding hydrogens is 360 g/mol. The highest BCUT2D eigenvalue weighted by atomic mass is 16.5. The SMILES string of the molecule is Cc1ccnc(-c2cc(COCc3ccnc(-c4cc(C)ccn4)c3)ccn2)c1. The molecule has 0 saturated carbocycles. The molecule has 0 N–H and O–H groups in total. The topological polar surface area (TPSA) is 60.8 Å². The standard InChI is InChI=1S/C24H22N4O/c1-17-3-7-25-21(11-17)23-13-19(5-9-27-23)15-29-16-20-6-10-28-24(14-20)22-12-18(2)4-8-26-22/h3-14H,15-16H2,1-2H3. The highest BCUT2D eigenvalue weighted by Gasteiger charge is 2.05. The van der Waals surface area contributed by atoms with Gasteiger partial charge in [0.25, 0.3) is 0 Å². The van der Waals surface area contributed by atoms with Gasteiger partial charge in [0.1, 0.15) is 0 Å². The number of ether oxygens (including phenoxy) is 1. The Morgan fingerprint density at radius 2 is 0.931 bits per heavy atom. The van der Waals surface area contributed by atoms with Gasteiger partial charge in [-0.3, -0.25) is 19.9 Å². The van der Waals surface area contributed by atoms with Crippen molar-refractivity contribution in [3.05, 3.63) is 95.6 Å². The molecule has 0 spiro atoms. The van der Waals surface area contributed by atoms with Gasteiger partial charge in [-0.15, -0.1) is 0 Å². The lowest BCUT2D eigenvalue weighted by atomic mass is 10.1. The third kappa shape index (κ3) is 4.89. The van der Waals surface area contributed by atoms with E-state index in [0.717, 1.165) is 45.0 Å². The van der Waals surface area contributed by atoms with Gasteiger partial charge < -0.3 is 4.74 Å². The molecule has 0 aliphatic heterocycles. The number of nitrogens with zero attached hydrogens (tertiary/aromatic N) is 4. The van der Waals surface area contributed by atoms with Gasteiger partial charge in [-0.05, 0) is 84.6 Å². The van der Waals surface area contributed by atoms with Crippen LogP contribution < -0.4 is 0 Å². The third-order valence-electron chi connectivity index (χ3n) is 4.54. The minimum atomic E-state index is 0.502. The Bertz CT molecular complexity index is 1040. The molecule has 0 unspecified atom stereocenters. The molecule has 0 bridgehead atoms. The zero-order chi connectivity index (χ0) is 20.1. The van der Waals surface area contributed by atoms with E-state index in [-0.39, 0.29) is 0 Å². The number of aryl methyl sites for hydroxylation is 2. The van der Waals surface area contributed by atoms with Gasteiger partial charge in [0.2, 0.25) is 0 Å². The van der Waals surface area contributed by atoms with Gasteiger partial charge in [0.15, 0.2) is 0 Å². The van der Waals surface area contributed by atoms with Crippen molar-refractivity contribution in [1.82, 2.24) is 19.9 Å². The zero-order valence-corrected chi connectivity index (χ0v) is 16.5. The minimum absolute atomic E-state index is 0.502. The molecule has 4 heterocycles. The first-order valence-electron chi connectivity index (χ1n) is 9.51. The smallest absolute Gasteiger partial charge is 0.0889 e. The predicted molar refractivity (Wildman–Crippen MR) is 113 cm³/mol. The molecule has 29 heavy (non-hydrogen) atoms. The molecule has 0 aliphatic carbocycles. The lowest BCUT2D eigenvalue weighted by Crippen LogP contribution is -1.97. The molecule has 5 nitrogen and oxygen atoms in total. The molecule has 0 radical (unpaired) electrons. The average Bonchev–Trinajstić information content (AvgIpc) is 2.74. The summed E-state index contributed by atoms with van der Waals surface area (Å²) in [4.78, 5) is 17.7. The Morgan fingerprint density at radius 3 is 1.34 bits per heavy atom. The molecule has 144 valence electrons. The third-order valence-corrected chi connectivity index (χ3v) is 4.54. The van der Waals surface area contributed by atoms with Gasteiger partial charge >= 0.3 is 0 Å². The fourth-order valence-corrected chi connectivity index (χ4v) is 3.05. The van der Waals surface area contributed by atoms with Crippen molar-refractivity contribution >= 4 is 0 Å². The second kappa shape index (κ2) is 8.71. The molecule has 4 aromatic rings. The van der Waals surface area contributed by atoms with Crippen LogP contribution in [0.1, 0.15) is 22.3 Å². The lowest BCUT2D eigenvalue weighted by molar-refractivity contribution is 0.107. The maximum absolute atomic E-state index is 5.94. The molecule has 4 aromatic heterocycles. The van der Waals surface area contributed by atoms with E-state index in [1.54, 1.807) is 24.8 Å². The summed E-state index contributed by atoms with van der Waals surface area (Å²) < 4.78 is 5.94. The van der Waals surface area contributed by atoms with Crippen molar-refractivity contribution in [3.8, 4) is 22.8 Å². The van der Waals surface area contributed by atoms with Crippen LogP contribution in [0.5, 0.6) is 0 Å². The van der Waals surface area contributed by atoms with Crippen LogP contribution in [-0.4, -0.2) is 19.9 Å². The Labute approximate surface area is 170 Å². The second-order valence-corrected chi connectivity index (χ2v) is 7.03. The van der Waals surface area contributed by atoms with Crippen molar-refractivity contribution in [2.45, 2.75) is 27.1 Å². The summed E-state index contributed by atoms with van der Waals surface area (Å²) in [5.74, 6) is 0. The number of aromatic nitrogens is 4. The van der Waals surface area contributed by atoms with Gasteiger partial charge in [-0.25, -0.2) is 0 Å². The Balaban J connectivity index is 1.42. The molecule has 0 aromatic carbocycles. The molecule has 0 atom stereocenters. The first-order chi connectivity index (χ1) is 14.2. The average molecular weight is 382 g/mol. The van der Waals surface area contributed by atoms with E-state index in [4.69, 9.17) is 4.74 Å². The van der Waals surface area contributed by atoms with Crippen molar-refractivity contribution in [3.63, 3.8) is 0 Å². The highest BCUT2D eigenvalue weighted by molar-refractivity contribution is 5.56. The van der Waals surface area contributed by atoms with E-state index in [1.807, 2.05) is 62.4 Å². The molecule has 5 heteroatoms. The number of hydrogen-bond acceptors (Lipinski definition) is 5. The summed E-state index contributed by atoms with van der Waals surface area (Å²) >= 11 is 0. The normalized spacial score (nSPS) is 10.8. The summed E-state index contributed by atoms with van der Waals surface area (Å²) in [5, 5.41) is 0. The van der Waals surface area contributed by atoms with E-state index in [9.17, 15) is 0 Å². The molecule has 0 aliphatic rings. The fourth-order valence-electron chi connectivity index (χ4n) is 3.05. The van der Waals surface area contributed by atoms with Gasteiger partial charge in [0, 0.05) is 24.8 Å². The van der Waals surface area contributed by atoms with E-state index in [1.165, 1.54) is 0 Å². The summed E-state index contributed by atoms with van der Waals surface area (Å²) in [7, 11) is 0. The van der Waals surface area contributed by atoms with Crippen LogP contribution in [0.15, 0.2) is 73.3 Å². The van der Waals surface area contributed by atoms with E-state index in [0.29, 0.717) is 13.2 Å². The molecule has 0 saturated heterocycles. The number of pyridine rings is 4. The van der Waals surface area contributed by atoms with Crippen molar-refractivity contribution in [2.24, 2.45) is 0 Å². The van der Waals surface area contributed by atoms with E-state index in [2.05, 4.69) is 19.9 Å². The quantitative estimate of drug-likeness (QED) is 0.473. The van der Waals surface area contributed by atoms with Crippen LogP contribution in [0.25, 0.3) is 22.8 Å². The maximum Gasteiger partial charge on any atom is 0.0889 e. The Hall–Kier alpha value is -3.44. The van der Waals surface area contributed by atoms with Gasteiger partial charge in [-0.2, -0.15) is 0 Å². The van der Waals surface area contributed by atoms with Gasteiger partial charge in [0.05, 0.1) is 36.0 Å².